The van der Waals surface area contributed by atoms with Gasteiger partial charge in [0.25, 0.3) is 0 Å². The summed E-state index contributed by atoms with van der Waals surface area (Å²) >= 11 is 0. The molecule has 0 saturated carbocycles. The number of carbonyl (C=O) groups is 1. The third kappa shape index (κ3) is 4.98. The van der Waals surface area contributed by atoms with Crippen LogP contribution in [0.5, 0.6) is 0 Å². The third-order valence-electron chi connectivity index (χ3n) is 6.94. The Morgan fingerprint density at radius 2 is 1.91 bits per heavy atom. The van der Waals surface area contributed by atoms with Crippen molar-refractivity contribution in [1.82, 2.24) is 19.5 Å². The number of esters is 1. The second-order valence-corrected chi connectivity index (χ2v) is 15.4. The van der Waals surface area contributed by atoms with Crippen molar-refractivity contribution in [1.29, 1.82) is 0 Å². The molecule has 3 heterocycles. The summed E-state index contributed by atoms with van der Waals surface area (Å²) in [5.41, 5.74) is 21.2. The lowest BCUT2D eigenvalue weighted by Gasteiger charge is -2.38. The number of hydrogen-bond acceptors (Lipinski definition) is 8. The van der Waals surface area contributed by atoms with E-state index >= 15 is 0 Å². The molecule has 1 aliphatic heterocycles. The van der Waals surface area contributed by atoms with Gasteiger partial charge in [0.05, 0.1) is 12.4 Å². The number of imidazole rings is 1. The lowest BCUT2D eigenvalue weighted by Crippen LogP contribution is -2.43. The Bertz CT molecular complexity index is 1160. The first-order chi connectivity index (χ1) is 16.5. The Kier molecular flexibility index (Phi) is 8.05. The topological polar surface area (TPSA) is 154 Å². The number of nitrogen functional groups attached to an aromatic ring is 1. The van der Waals surface area contributed by atoms with Gasteiger partial charge in [0.2, 0.25) is 0 Å². The van der Waals surface area contributed by atoms with Crippen LogP contribution in [-0.2, 0) is 14.3 Å². The number of azide groups is 1. The SMILES string of the molecule is CC(=O)O[C@@H]1[C@H](N=[N+]=[N-])[C@@H](CC#C[Si](C(C)C)(C(C)C)C(C)C)O[C@H]1n1cnc2c(N)ncnc21. The summed E-state index contributed by atoms with van der Waals surface area (Å²) in [4.78, 5) is 27.5. The van der Waals surface area contributed by atoms with E-state index in [9.17, 15) is 10.3 Å². The van der Waals surface area contributed by atoms with Gasteiger partial charge in [-0.1, -0.05) is 46.7 Å². The van der Waals surface area contributed by atoms with E-state index in [1.54, 1.807) is 4.57 Å². The minimum absolute atomic E-state index is 0.224. The highest BCUT2D eigenvalue weighted by Gasteiger charge is 2.48. The quantitative estimate of drug-likeness (QED) is 0.147. The number of rotatable bonds is 7. The highest BCUT2D eigenvalue weighted by Crippen LogP contribution is 2.41. The van der Waals surface area contributed by atoms with Gasteiger partial charge in [0, 0.05) is 18.3 Å². The molecule has 1 saturated heterocycles. The molecule has 2 aromatic rings. The number of fused-ring (bicyclic) bond motifs is 1. The van der Waals surface area contributed by atoms with Crippen molar-refractivity contribution >= 4 is 31.0 Å². The average molecular weight is 499 g/mol. The molecular formula is C23H34N8O3Si. The van der Waals surface area contributed by atoms with Crippen molar-refractivity contribution in [2.45, 2.75) is 96.0 Å². The maximum atomic E-state index is 12.0. The monoisotopic (exact) mass is 498 g/mol. The third-order valence-corrected chi connectivity index (χ3v) is 13.3. The van der Waals surface area contributed by atoms with Crippen LogP contribution in [0.2, 0.25) is 16.6 Å². The van der Waals surface area contributed by atoms with Crippen LogP contribution in [0.4, 0.5) is 5.82 Å². The predicted molar refractivity (Wildman–Crippen MR) is 136 cm³/mol. The number of aromatic nitrogens is 4. The second-order valence-electron chi connectivity index (χ2n) is 9.82. The van der Waals surface area contributed by atoms with E-state index < -0.39 is 38.5 Å². The number of anilines is 1. The van der Waals surface area contributed by atoms with Gasteiger partial charge in [-0.05, 0) is 22.2 Å². The molecular weight excluding hydrogens is 464 g/mol. The maximum absolute atomic E-state index is 12.0. The fourth-order valence-electron chi connectivity index (χ4n) is 5.42. The molecule has 2 N–H and O–H groups in total. The first kappa shape index (κ1) is 26.5. The van der Waals surface area contributed by atoms with Crippen LogP contribution in [0.25, 0.3) is 21.6 Å². The number of hydrogen-bond donors (Lipinski definition) is 1. The zero-order chi connectivity index (χ0) is 25.9. The van der Waals surface area contributed by atoms with Crippen molar-refractivity contribution < 1.29 is 14.3 Å². The Morgan fingerprint density at radius 1 is 1.26 bits per heavy atom. The summed E-state index contributed by atoms with van der Waals surface area (Å²) in [5, 5.41) is 3.95. The molecule has 11 nitrogen and oxygen atoms in total. The Balaban J connectivity index is 2.01. The molecule has 2 aromatic heterocycles. The zero-order valence-corrected chi connectivity index (χ0v) is 22.3. The summed E-state index contributed by atoms with van der Waals surface area (Å²) < 4.78 is 13.5. The van der Waals surface area contributed by atoms with Gasteiger partial charge < -0.3 is 15.2 Å². The van der Waals surface area contributed by atoms with Crippen molar-refractivity contribution in [2.75, 3.05) is 5.73 Å². The van der Waals surface area contributed by atoms with E-state index in [4.69, 9.17) is 15.2 Å². The normalized spacial score (nSPS) is 22.3. The summed E-state index contributed by atoms with van der Waals surface area (Å²) in [6.45, 7) is 14.8. The van der Waals surface area contributed by atoms with Gasteiger partial charge in [0.1, 0.15) is 26.0 Å². The highest BCUT2D eigenvalue weighted by atomic mass is 28.3. The largest absolute Gasteiger partial charge is 0.457 e. The van der Waals surface area contributed by atoms with Gasteiger partial charge in [-0.2, -0.15) is 0 Å². The smallest absolute Gasteiger partial charge is 0.303 e. The number of ether oxygens (including phenoxy) is 2. The van der Waals surface area contributed by atoms with E-state index in [-0.39, 0.29) is 5.82 Å². The maximum Gasteiger partial charge on any atom is 0.303 e. The Morgan fingerprint density at radius 3 is 2.49 bits per heavy atom. The van der Waals surface area contributed by atoms with Gasteiger partial charge >= 0.3 is 5.97 Å². The molecule has 12 heteroatoms. The van der Waals surface area contributed by atoms with Crippen LogP contribution in [0, 0.1) is 11.5 Å². The van der Waals surface area contributed by atoms with Gasteiger partial charge in [0.15, 0.2) is 23.8 Å². The van der Waals surface area contributed by atoms with Crippen LogP contribution in [0.15, 0.2) is 17.8 Å². The highest BCUT2D eigenvalue weighted by molar-refractivity contribution is 6.90. The molecule has 4 atom stereocenters. The molecule has 0 aliphatic carbocycles. The fourth-order valence-corrected chi connectivity index (χ4v) is 10.7. The first-order valence-corrected chi connectivity index (χ1v) is 14.1. The van der Waals surface area contributed by atoms with Crippen LogP contribution in [-0.4, -0.2) is 51.8 Å². The second kappa shape index (κ2) is 10.6. The van der Waals surface area contributed by atoms with Crippen molar-refractivity contribution in [3.63, 3.8) is 0 Å². The van der Waals surface area contributed by atoms with Gasteiger partial charge in [-0.15, -0.1) is 11.5 Å². The molecule has 0 amide bonds. The lowest BCUT2D eigenvalue weighted by atomic mass is 10.1. The molecule has 188 valence electrons. The number of nitrogens with two attached hydrogens (primary N) is 1. The molecule has 1 fully saturated rings. The number of carbonyl (C=O) groups excluding carboxylic acids is 1. The molecule has 35 heavy (non-hydrogen) atoms. The number of nitrogens with zero attached hydrogens (tertiary/aromatic N) is 7. The van der Waals surface area contributed by atoms with Gasteiger partial charge in [-0.3, -0.25) is 9.36 Å². The van der Waals surface area contributed by atoms with Crippen LogP contribution < -0.4 is 5.73 Å². The molecule has 3 rings (SSSR count). The van der Waals surface area contributed by atoms with E-state index in [2.05, 4.69) is 78.0 Å². The van der Waals surface area contributed by atoms with E-state index in [1.165, 1.54) is 19.6 Å². The van der Waals surface area contributed by atoms with Crippen molar-refractivity contribution in [3.05, 3.63) is 23.1 Å². The van der Waals surface area contributed by atoms with E-state index in [0.29, 0.717) is 34.2 Å². The summed E-state index contributed by atoms with van der Waals surface area (Å²) in [7, 11) is -1.95. The van der Waals surface area contributed by atoms with Crippen LogP contribution in [0.3, 0.4) is 0 Å². The molecule has 0 aromatic carbocycles. The summed E-state index contributed by atoms with van der Waals surface area (Å²) in [6.07, 6.45) is 0.888. The molecule has 0 radical (unpaired) electrons. The van der Waals surface area contributed by atoms with E-state index in [0.717, 1.165) is 0 Å². The standard InChI is InChI=1S/C23H34N8O3Si/c1-13(2)35(14(3)4,15(5)6)10-8-9-17-18(29-30-25)20(33-16(7)32)23(34-17)31-12-28-19-21(24)26-11-27-22(19)31/h11-15,17-18,20,23H,9H2,1-7H3,(H2,24,26,27)/t17-,18-,20-,23-/m1/s1. The van der Waals surface area contributed by atoms with E-state index in [1.807, 2.05) is 0 Å². The minimum atomic E-state index is -1.95. The zero-order valence-electron chi connectivity index (χ0n) is 21.3. The molecule has 0 unspecified atom stereocenters. The molecule has 0 spiro atoms. The minimum Gasteiger partial charge on any atom is -0.457 e. The fraction of sp³-hybridized carbons (Fsp3) is 0.652. The molecule has 1 aliphatic rings. The van der Waals surface area contributed by atoms with Gasteiger partial charge in [-0.25, -0.2) is 15.0 Å². The van der Waals surface area contributed by atoms with Crippen LogP contribution in [0.1, 0.15) is 61.1 Å². The Hall–Kier alpha value is -3.13. The van der Waals surface area contributed by atoms with Crippen LogP contribution >= 0.6 is 0 Å². The van der Waals surface area contributed by atoms with Crippen molar-refractivity contribution in [3.8, 4) is 11.5 Å². The molecule has 0 bridgehead atoms. The average Bonchev–Trinajstić information content (AvgIpc) is 3.33. The Labute approximate surface area is 206 Å². The predicted octanol–water partition coefficient (Wildman–Crippen LogP) is 4.53. The summed E-state index contributed by atoms with van der Waals surface area (Å²) in [6, 6.07) is -0.770. The van der Waals surface area contributed by atoms with Crippen molar-refractivity contribution in [2.24, 2.45) is 5.11 Å². The lowest BCUT2D eigenvalue weighted by molar-refractivity contribution is -0.152. The summed E-state index contributed by atoms with van der Waals surface area (Å²) in [5.74, 6) is 3.09. The first-order valence-electron chi connectivity index (χ1n) is 11.8.